The second-order valence-corrected chi connectivity index (χ2v) is 3.76. The van der Waals surface area contributed by atoms with Gasteiger partial charge < -0.3 is 15.6 Å². The van der Waals surface area contributed by atoms with E-state index in [2.05, 4.69) is 0 Å². The molecule has 3 N–H and O–H groups in total. The van der Waals surface area contributed by atoms with E-state index in [0.717, 1.165) is 22.1 Å². The number of rotatable bonds is 3. The molecule has 0 heterocycles. The Balaban J connectivity index is 2.50. The van der Waals surface area contributed by atoms with Gasteiger partial charge in [0.15, 0.2) is 0 Å². The maximum atomic E-state index is 9.01. The topological polar surface area (TPSA) is 55.5 Å². The zero-order valence-electron chi connectivity index (χ0n) is 9.18. The van der Waals surface area contributed by atoms with E-state index in [0.29, 0.717) is 0 Å². The van der Waals surface area contributed by atoms with E-state index in [1.165, 1.54) is 0 Å². The Morgan fingerprint density at radius 2 is 1.94 bits per heavy atom. The Kier molecular flexibility index (Phi) is 3.08. The van der Waals surface area contributed by atoms with E-state index in [9.17, 15) is 0 Å². The lowest BCUT2D eigenvalue weighted by molar-refractivity contribution is 0.268. The summed E-state index contributed by atoms with van der Waals surface area (Å²) >= 11 is 0. The molecule has 3 heteroatoms. The Hall–Kier alpha value is -1.58. The molecule has 3 nitrogen and oxygen atoms in total. The SMILES string of the molecule is COc1ccc2ccc([C@@H](N)CO)cc2c1. The van der Waals surface area contributed by atoms with Crippen molar-refractivity contribution >= 4 is 10.8 Å². The summed E-state index contributed by atoms with van der Waals surface area (Å²) in [5.41, 5.74) is 6.71. The smallest absolute Gasteiger partial charge is 0.119 e. The molecule has 0 aliphatic rings. The Bertz CT molecular complexity index is 496. The fraction of sp³-hybridized carbons (Fsp3) is 0.231. The van der Waals surface area contributed by atoms with Crippen molar-refractivity contribution in [3.8, 4) is 5.75 Å². The molecule has 0 aliphatic carbocycles. The molecule has 0 bridgehead atoms. The van der Waals surface area contributed by atoms with Gasteiger partial charge in [0.05, 0.1) is 19.8 Å². The van der Waals surface area contributed by atoms with E-state index in [1.54, 1.807) is 7.11 Å². The van der Waals surface area contributed by atoms with Crippen LogP contribution in [0.15, 0.2) is 36.4 Å². The summed E-state index contributed by atoms with van der Waals surface area (Å²) in [7, 11) is 1.64. The maximum Gasteiger partial charge on any atom is 0.119 e. The summed E-state index contributed by atoms with van der Waals surface area (Å²) in [6.45, 7) is -0.0462. The van der Waals surface area contributed by atoms with Crippen LogP contribution in [0.3, 0.4) is 0 Å². The zero-order chi connectivity index (χ0) is 11.5. The number of fused-ring (bicyclic) bond motifs is 1. The van der Waals surface area contributed by atoms with Crippen molar-refractivity contribution in [1.82, 2.24) is 0 Å². The lowest BCUT2D eigenvalue weighted by Crippen LogP contribution is -2.14. The summed E-state index contributed by atoms with van der Waals surface area (Å²) < 4.78 is 5.17. The van der Waals surface area contributed by atoms with Gasteiger partial charge in [0.2, 0.25) is 0 Å². The first-order valence-electron chi connectivity index (χ1n) is 5.18. The van der Waals surface area contributed by atoms with E-state index >= 15 is 0 Å². The molecule has 0 aromatic heterocycles. The molecule has 0 amide bonds. The number of aliphatic hydroxyl groups excluding tert-OH is 1. The van der Waals surface area contributed by atoms with Gasteiger partial charge in [-0.1, -0.05) is 18.2 Å². The molecule has 2 aromatic rings. The molecular formula is C13H15NO2. The molecule has 0 spiro atoms. The normalized spacial score (nSPS) is 12.7. The molecule has 1 atom stereocenters. The summed E-state index contributed by atoms with van der Waals surface area (Å²) in [5, 5.41) is 11.2. The van der Waals surface area contributed by atoms with Crippen molar-refractivity contribution in [2.45, 2.75) is 6.04 Å². The summed E-state index contributed by atoms with van der Waals surface area (Å²) in [6, 6.07) is 11.5. The van der Waals surface area contributed by atoms with Crippen LogP contribution in [0.2, 0.25) is 0 Å². The fourth-order valence-electron chi connectivity index (χ4n) is 1.71. The van der Waals surface area contributed by atoms with E-state index in [-0.39, 0.29) is 12.6 Å². The molecule has 16 heavy (non-hydrogen) atoms. The van der Waals surface area contributed by atoms with Gasteiger partial charge in [0.25, 0.3) is 0 Å². The first-order valence-corrected chi connectivity index (χ1v) is 5.18. The second-order valence-electron chi connectivity index (χ2n) is 3.76. The standard InChI is InChI=1S/C13H15NO2/c1-16-12-5-4-9-2-3-10(13(14)8-15)6-11(9)7-12/h2-7,13,15H,8,14H2,1H3/t13-/m0/s1. The summed E-state index contributed by atoms with van der Waals surface area (Å²) in [4.78, 5) is 0. The first kappa shape index (κ1) is 10.9. The number of nitrogens with two attached hydrogens (primary N) is 1. The maximum absolute atomic E-state index is 9.01. The highest BCUT2D eigenvalue weighted by Gasteiger charge is 2.05. The van der Waals surface area contributed by atoms with Crippen LogP contribution >= 0.6 is 0 Å². The molecule has 0 unspecified atom stereocenters. The third-order valence-electron chi connectivity index (χ3n) is 2.70. The highest BCUT2D eigenvalue weighted by Crippen LogP contribution is 2.23. The number of methoxy groups -OCH3 is 1. The molecule has 0 saturated carbocycles. The van der Waals surface area contributed by atoms with Crippen molar-refractivity contribution in [3.63, 3.8) is 0 Å². The number of aliphatic hydroxyl groups is 1. The molecule has 0 aliphatic heterocycles. The molecule has 2 rings (SSSR count). The zero-order valence-corrected chi connectivity index (χ0v) is 9.18. The van der Waals surface area contributed by atoms with Crippen LogP contribution in [-0.2, 0) is 0 Å². The van der Waals surface area contributed by atoms with E-state index < -0.39 is 0 Å². The van der Waals surface area contributed by atoms with Crippen LogP contribution in [0.1, 0.15) is 11.6 Å². The predicted octanol–water partition coefficient (Wildman–Crippen LogP) is 1.84. The third kappa shape index (κ3) is 2.01. The van der Waals surface area contributed by atoms with Crippen LogP contribution in [-0.4, -0.2) is 18.8 Å². The fourth-order valence-corrected chi connectivity index (χ4v) is 1.71. The summed E-state index contributed by atoms with van der Waals surface area (Å²) in [5.74, 6) is 0.821. The predicted molar refractivity (Wildman–Crippen MR) is 64.5 cm³/mol. The van der Waals surface area contributed by atoms with Gasteiger partial charge in [-0.15, -0.1) is 0 Å². The monoisotopic (exact) mass is 217 g/mol. The lowest BCUT2D eigenvalue weighted by atomic mass is 10.0. The largest absolute Gasteiger partial charge is 0.497 e. The Labute approximate surface area is 94.5 Å². The van der Waals surface area contributed by atoms with Gasteiger partial charge in [-0.3, -0.25) is 0 Å². The van der Waals surface area contributed by atoms with Crippen molar-refractivity contribution < 1.29 is 9.84 Å². The number of hydrogen-bond donors (Lipinski definition) is 2. The minimum absolute atomic E-state index is 0.0462. The lowest BCUT2D eigenvalue weighted by Gasteiger charge is -2.10. The van der Waals surface area contributed by atoms with Gasteiger partial charge in [0, 0.05) is 0 Å². The third-order valence-corrected chi connectivity index (χ3v) is 2.70. The average molecular weight is 217 g/mol. The number of ether oxygens (including phenoxy) is 1. The molecule has 2 aromatic carbocycles. The van der Waals surface area contributed by atoms with Gasteiger partial charge in [0.1, 0.15) is 5.75 Å². The van der Waals surface area contributed by atoms with Crippen molar-refractivity contribution in [3.05, 3.63) is 42.0 Å². The van der Waals surface area contributed by atoms with Crippen molar-refractivity contribution in [1.29, 1.82) is 0 Å². The Morgan fingerprint density at radius 3 is 2.62 bits per heavy atom. The minimum atomic E-state index is -0.324. The van der Waals surface area contributed by atoms with E-state index in [1.807, 2.05) is 36.4 Å². The van der Waals surface area contributed by atoms with Gasteiger partial charge >= 0.3 is 0 Å². The molecule has 0 fully saturated rings. The average Bonchev–Trinajstić information content (AvgIpc) is 2.36. The van der Waals surface area contributed by atoms with E-state index in [4.69, 9.17) is 15.6 Å². The molecular weight excluding hydrogens is 202 g/mol. The van der Waals surface area contributed by atoms with Gasteiger partial charge in [-0.25, -0.2) is 0 Å². The van der Waals surface area contributed by atoms with Crippen molar-refractivity contribution in [2.24, 2.45) is 5.73 Å². The molecule has 84 valence electrons. The van der Waals surface area contributed by atoms with Crippen LogP contribution in [0, 0.1) is 0 Å². The van der Waals surface area contributed by atoms with Crippen LogP contribution in [0.4, 0.5) is 0 Å². The highest BCUT2D eigenvalue weighted by atomic mass is 16.5. The summed E-state index contributed by atoms with van der Waals surface area (Å²) in [6.07, 6.45) is 0. The van der Waals surface area contributed by atoms with Crippen LogP contribution < -0.4 is 10.5 Å². The number of benzene rings is 2. The van der Waals surface area contributed by atoms with Gasteiger partial charge in [-0.2, -0.15) is 0 Å². The quantitative estimate of drug-likeness (QED) is 0.824. The van der Waals surface area contributed by atoms with Crippen LogP contribution in [0.25, 0.3) is 10.8 Å². The van der Waals surface area contributed by atoms with Gasteiger partial charge in [-0.05, 0) is 34.5 Å². The second kappa shape index (κ2) is 4.51. The molecule has 0 radical (unpaired) electrons. The highest BCUT2D eigenvalue weighted by molar-refractivity contribution is 5.84. The Morgan fingerprint density at radius 1 is 1.19 bits per heavy atom. The number of hydrogen-bond acceptors (Lipinski definition) is 3. The van der Waals surface area contributed by atoms with Crippen molar-refractivity contribution in [2.75, 3.05) is 13.7 Å². The molecule has 0 saturated heterocycles. The minimum Gasteiger partial charge on any atom is -0.497 e. The first-order chi connectivity index (χ1) is 7.74. The van der Waals surface area contributed by atoms with Crippen LogP contribution in [0.5, 0.6) is 5.75 Å².